The summed E-state index contributed by atoms with van der Waals surface area (Å²) in [5.74, 6) is 0.282. The highest BCUT2D eigenvalue weighted by molar-refractivity contribution is 5.96. The average Bonchev–Trinajstić information content (AvgIpc) is 3.70. The van der Waals surface area contributed by atoms with Gasteiger partial charge in [-0.1, -0.05) is 18.2 Å². The van der Waals surface area contributed by atoms with E-state index in [2.05, 4.69) is 20.6 Å². The van der Waals surface area contributed by atoms with Crippen molar-refractivity contribution in [1.82, 2.24) is 25.1 Å². The number of primary amides is 1. The molecule has 10 heteroatoms. The van der Waals surface area contributed by atoms with Gasteiger partial charge in [-0.15, -0.1) is 0 Å². The largest absolute Gasteiger partial charge is 0.364 e. The first-order valence-corrected chi connectivity index (χ1v) is 12.4. The lowest BCUT2D eigenvalue weighted by Gasteiger charge is -2.13. The number of carbonyl (C=O) groups is 3. The highest BCUT2D eigenvalue weighted by Crippen LogP contribution is 2.40. The van der Waals surface area contributed by atoms with Crippen molar-refractivity contribution < 1.29 is 14.4 Å². The van der Waals surface area contributed by atoms with Crippen molar-refractivity contribution in [2.75, 3.05) is 46.1 Å². The number of aryl methyl sites for hydroxylation is 1. The molecule has 1 fully saturated rings. The molecule has 1 aliphatic rings. The molecule has 0 saturated heterocycles. The zero-order chi connectivity index (χ0) is 27.4. The van der Waals surface area contributed by atoms with E-state index in [4.69, 9.17) is 5.73 Å². The molecule has 10 nitrogen and oxygen atoms in total. The van der Waals surface area contributed by atoms with Crippen molar-refractivity contribution in [3.05, 3.63) is 59.1 Å². The summed E-state index contributed by atoms with van der Waals surface area (Å²) in [7, 11) is 5.74. The average molecular weight is 510 g/mol. The summed E-state index contributed by atoms with van der Waals surface area (Å²) in [6, 6.07) is 7.73. The van der Waals surface area contributed by atoms with Crippen LogP contribution < -0.4 is 16.4 Å². The number of rotatable bonds is 12. The number of likely N-dealkylation sites (N-methyl/N-ethyl adjacent to an activating group) is 2. The Bertz CT molecular complexity index is 1100. The molecule has 2 aromatic rings. The van der Waals surface area contributed by atoms with Crippen LogP contribution in [0.5, 0.6) is 0 Å². The third-order valence-corrected chi connectivity index (χ3v) is 5.72. The molecule has 37 heavy (non-hydrogen) atoms. The normalized spacial score (nSPS) is 12.6. The molecule has 0 spiro atoms. The highest BCUT2D eigenvalue weighted by Gasteiger charge is 2.29. The summed E-state index contributed by atoms with van der Waals surface area (Å²) in [5.41, 5.74) is 9.16. The maximum absolute atomic E-state index is 11.7. The van der Waals surface area contributed by atoms with Crippen LogP contribution in [-0.2, 0) is 16.0 Å². The van der Waals surface area contributed by atoms with Crippen molar-refractivity contribution in [2.24, 2.45) is 5.73 Å². The standard InChI is InChI=1S/C18H21N5O2.C9H18N2O/c1-11-15(13-5-6-13)23-18(16(21-11)17(19)25)22-14-4-2-3-12(9-14)7-8-20-10-24;1-5-11(4)9(12)7-6-8-10(2)3/h2-4,9-10,13H,5-8H2,1H3,(H2,19,25)(H,20,24)(H,22,23);6-7H,5,8H2,1-4H3/b;7-6+. The molecule has 0 bridgehead atoms. The van der Waals surface area contributed by atoms with Gasteiger partial charge in [-0.2, -0.15) is 0 Å². The van der Waals surface area contributed by atoms with Crippen molar-refractivity contribution in [3.63, 3.8) is 0 Å². The van der Waals surface area contributed by atoms with Crippen LogP contribution in [0.4, 0.5) is 11.5 Å². The summed E-state index contributed by atoms with van der Waals surface area (Å²) in [6.45, 7) is 5.94. The van der Waals surface area contributed by atoms with Gasteiger partial charge in [-0.25, -0.2) is 9.97 Å². The van der Waals surface area contributed by atoms with Crippen LogP contribution in [0.1, 0.15) is 53.1 Å². The number of nitrogens with one attached hydrogen (secondary N) is 2. The van der Waals surface area contributed by atoms with Gasteiger partial charge < -0.3 is 26.2 Å². The molecule has 1 saturated carbocycles. The lowest BCUT2D eigenvalue weighted by atomic mass is 10.1. The van der Waals surface area contributed by atoms with E-state index in [-0.39, 0.29) is 11.6 Å². The molecule has 0 unspecified atom stereocenters. The van der Waals surface area contributed by atoms with Crippen LogP contribution in [0, 0.1) is 6.92 Å². The molecule has 200 valence electrons. The van der Waals surface area contributed by atoms with E-state index < -0.39 is 5.91 Å². The maximum Gasteiger partial charge on any atom is 0.271 e. The number of hydrogen-bond acceptors (Lipinski definition) is 7. The minimum atomic E-state index is -0.605. The fourth-order valence-electron chi connectivity index (χ4n) is 3.40. The topological polar surface area (TPSA) is 134 Å². The van der Waals surface area contributed by atoms with Crippen LogP contribution in [0.25, 0.3) is 0 Å². The number of hydrogen-bond donors (Lipinski definition) is 3. The van der Waals surface area contributed by atoms with Gasteiger partial charge in [-0.05, 0) is 64.9 Å². The second-order valence-electron chi connectivity index (χ2n) is 9.19. The van der Waals surface area contributed by atoms with Gasteiger partial charge in [0, 0.05) is 44.4 Å². The molecular weight excluding hydrogens is 470 g/mol. The molecule has 3 amide bonds. The van der Waals surface area contributed by atoms with Crippen molar-refractivity contribution >= 4 is 29.7 Å². The molecule has 4 N–H and O–H groups in total. The SMILES string of the molecule is CCN(C)C(=O)/C=C/CN(C)C.Cc1nc(C(N)=O)c(Nc2cccc(CCNC=O)c2)nc1C1CC1. The van der Waals surface area contributed by atoms with Crippen LogP contribution in [0.3, 0.4) is 0 Å². The summed E-state index contributed by atoms with van der Waals surface area (Å²) in [5, 5.41) is 5.81. The zero-order valence-electron chi connectivity index (χ0n) is 22.5. The third-order valence-electron chi connectivity index (χ3n) is 5.72. The van der Waals surface area contributed by atoms with Crippen LogP contribution in [-0.4, -0.2) is 78.8 Å². The Labute approximate surface area is 219 Å². The van der Waals surface area contributed by atoms with Crippen LogP contribution in [0.15, 0.2) is 36.4 Å². The Morgan fingerprint density at radius 3 is 2.51 bits per heavy atom. The molecule has 1 aromatic carbocycles. The van der Waals surface area contributed by atoms with E-state index >= 15 is 0 Å². The van der Waals surface area contributed by atoms with E-state index in [9.17, 15) is 14.4 Å². The molecule has 3 rings (SSSR count). The number of carbonyl (C=O) groups excluding carboxylic acids is 3. The highest BCUT2D eigenvalue weighted by atomic mass is 16.2. The molecule has 0 atom stereocenters. The molecule has 1 aromatic heterocycles. The van der Waals surface area contributed by atoms with Gasteiger partial charge in [0.05, 0.1) is 11.4 Å². The summed E-state index contributed by atoms with van der Waals surface area (Å²) in [4.78, 5) is 45.9. The minimum absolute atomic E-state index is 0.0688. The Hall–Kier alpha value is -3.79. The number of benzene rings is 1. The van der Waals surface area contributed by atoms with Crippen LogP contribution >= 0.6 is 0 Å². The lowest BCUT2D eigenvalue weighted by Crippen LogP contribution is -2.24. The van der Waals surface area contributed by atoms with Crippen molar-refractivity contribution in [2.45, 2.75) is 39.0 Å². The Balaban J connectivity index is 0.000000341. The summed E-state index contributed by atoms with van der Waals surface area (Å²) >= 11 is 0. The number of nitrogens with two attached hydrogens (primary N) is 1. The van der Waals surface area contributed by atoms with E-state index in [1.54, 1.807) is 18.0 Å². The van der Waals surface area contributed by atoms with Gasteiger partial charge >= 0.3 is 0 Å². The molecule has 1 heterocycles. The second kappa shape index (κ2) is 14.7. The lowest BCUT2D eigenvalue weighted by molar-refractivity contribution is -0.124. The van der Waals surface area contributed by atoms with E-state index in [1.165, 1.54) is 0 Å². The quantitative estimate of drug-likeness (QED) is 0.227. The molecule has 1 aliphatic carbocycles. The summed E-state index contributed by atoms with van der Waals surface area (Å²) < 4.78 is 0. The second-order valence-corrected chi connectivity index (χ2v) is 9.19. The van der Waals surface area contributed by atoms with E-state index in [0.29, 0.717) is 31.1 Å². The first-order valence-electron chi connectivity index (χ1n) is 12.4. The van der Waals surface area contributed by atoms with Crippen molar-refractivity contribution in [1.29, 1.82) is 0 Å². The molecule has 0 aliphatic heterocycles. The summed E-state index contributed by atoms with van der Waals surface area (Å²) in [6.07, 6.45) is 7.08. The van der Waals surface area contributed by atoms with Gasteiger partial charge in [0.1, 0.15) is 0 Å². The first-order chi connectivity index (χ1) is 17.7. The monoisotopic (exact) mass is 509 g/mol. The number of nitrogens with zero attached hydrogens (tertiary/aromatic N) is 4. The molecular formula is C27H39N7O3. The Morgan fingerprint density at radius 1 is 1.19 bits per heavy atom. The zero-order valence-corrected chi connectivity index (χ0v) is 22.5. The number of aromatic nitrogens is 2. The van der Waals surface area contributed by atoms with Gasteiger partial charge in [0.2, 0.25) is 12.3 Å². The maximum atomic E-state index is 11.7. The van der Waals surface area contributed by atoms with Gasteiger partial charge in [0.25, 0.3) is 5.91 Å². The van der Waals surface area contributed by atoms with Gasteiger partial charge in [-0.3, -0.25) is 14.4 Å². The predicted molar refractivity (Wildman–Crippen MR) is 146 cm³/mol. The number of amides is 3. The fourth-order valence-corrected chi connectivity index (χ4v) is 3.40. The predicted octanol–water partition coefficient (Wildman–Crippen LogP) is 2.38. The third kappa shape index (κ3) is 10.0. The first kappa shape index (κ1) is 29.4. The minimum Gasteiger partial charge on any atom is -0.364 e. The molecule has 0 radical (unpaired) electrons. The van der Waals surface area contributed by atoms with Crippen molar-refractivity contribution in [3.8, 4) is 0 Å². The van der Waals surface area contributed by atoms with E-state index in [1.807, 2.05) is 63.2 Å². The number of anilines is 2. The van der Waals surface area contributed by atoms with Gasteiger partial charge in [0.15, 0.2) is 11.5 Å². The van der Waals surface area contributed by atoms with E-state index in [0.717, 1.165) is 48.6 Å². The Morgan fingerprint density at radius 2 is 1.92 bits per heavy atom. The Kier molecular flexibility index (Phi) is 11.7. The van der Waals surface area contributed by atoms with Crippen LogP contribution in [0.2, 0.25) is 0 Å². The smallest absolute Gasteiger partial charge is 0.271 e. The fraction of sp³-hybridized carbons (Fsp3) is 0.444.